The third kappa shape index (κ3) is 7.63. The number of imidazole rings is 1. The minimum atomic E-state index is -0.105. The zero-order chi connectivity index (χ0) is 23.3. The number of carbonyl (C=O) groups excluding carboxylic acids is 1. The van der Waals surface area contributed by atoms with E-state index in [1.807, 2.05) is 36.4 Å². The highest BCUT2D eigenvalue weighted by atomic mass is 32.2. The maximum absolute atomic E-state index is 13.0. The Morgan fingerprint density at radius 2 is 1.61 bits per heavy atom. The summed E-state index contributed by atoms with van der Waals surface area (Å²) in [5.41, 5.74) is 2.87. The molecule has 1 atom stereocenters. The molecule has 4 nitrogen and oxygen atoms in total. The topological polar surface area (TPSA) is 46.9 Å². The molecule has 3 rings (SSSR count). The van der Waals surface area contributed by atoms with Gasteiger partial charge in [-0.1, -0.05) is 82.2 Å². The Morgan fingerprint density at radius 1 is 0.939 bits per heavy atom. The second-order valence-electron chi connectivity index (χ2n) is 8.76. The average molecular weight is 466 g/mol. The van der Waals surface area contributed by atoms with Crippen molar-refractivity contribution in [2.75, 3.05) is 12.0 Å². The molecular weight excluding hydrogens is 426 g/mol. The molecule has 0 fully saturated rings. The number of hydrogen-bond acceptors (Lipinski definition) is 3. The highest BCUT2D eigenvalue weighted by molar-refractivity contribution is 7.98. The molecule has 0 bridgehead atoms. The molecule has 0 spiro atoms. The number of amides is 1. The molecule has 1 N–H and O–H groups in total. The lowest BCUT2D eigenvalue weighted by Crippen LogP contribution is -2.31. The van der Waals surface area contributed by atoms with Gasteiger partial charge in [0.15, 0.2) is 0 Å². The zero-order valence-corrected chi connectivity index (χ0v) is 21.1. The monoisotopic (exact) mass is 465 g/mol. The molecular formula is C28H39N3OS. The van der Waals surface area contributed by atoms with E-state index in [2.05, 4.69) is 41.3 Å². The summed E-state index contributed by atoms with van der Waals surface area (Å²) in [6, 6.07) is 17.7. The van der Waals surface area contributed by atoms with E-state index in [0.29, 0.717) is 5.56 Å². The van der Waals surface area contributed by atoms with Crippen LogP contribution in [0.5, 0.6) is 0 Å². The van der Waals surface area contributed by atoms with Gasteiger partial charge >= 0.3 is 0 Å². The van der Waals surface area contributed by atoms with E-state index in [1.165, 1.54) is 50.5 Å². The van der Waals surface area contributed by atoms with Crippen molar-refractivity contribution in [2.45, 2.75) is 77.3 Å². The fourth-order valence-corrected chi connectivity index (χ4v) is 4.80. The Hall–Kier alpha value is -2.27. The van der Waals surface area contributed by atoms with Crippen LogP contribution < -0.4 is 5.32 Å². The van der Waals surface area contributed by atoms with E-state index in [1.54, 1.807) is 11.8 Å². The van der Waals surface area contributed by atoms with Gasteiger partial charge in [-0.2, -0.15) is 11.8 Å². The van der Waals surface area contributed by atoms with Crippen LogP contribution in [-0.4, -0.2) is 27.5 Å². The van der Waals surface area contributed by atoms with E-state index in [4.69, 9.17) is 4.98 Å². The molecule has 1 amide bonds. The fraction of sp³-hybridized carbons (Fsp3) is 0.500. The molecule has 0 saturated heterocycles. The lowest BCUT2D eigenvalue weighted by Gasteiger charge is -2.20. The SMILES string of the molecule is CCCCCCCCCCn1c([C@H](CCSC)NC(=O)c2ccccc2)nc2ccccc21. The van der Waals surface area contributed by atoms with E-state index in [0.717, 1.165) is 36.5 Å². The van der Waals surface area contributed by atoms with Crippen LogP contribution in [0, 0.1) is 0 Å². The van der Waals surface area contributed by atoms with Crippen LogP contribution in [0.4, 0.5) is 0 Å². The zero-order valence-electron chi connectivity index (χ0n) is 20.3. The van der Waals surface area contributed by atoms with Crippen LogP contribution in [0.25, 0.3) is 11.0 Å². The Bertz CT molecular complexity index is 970. The van der Waals surface area contributed by atoms with E-state index < -0.39 is 0 Å². The first kappa shape index (κ1) is 25.4. The number of fused-ring (bicyclic) bond motifs is 1. The van der Waals surface area contributed by atoms with E-state index in [-0.39, 0.29) is 11.9 Å². The van der Waals surface area contributed by atoms with Gasteiger partial charge in [0.05, 0.1) is 17.1 Å². The number of carbonyl (C=O) groups is 1. The predicted octanol–water partition coefficient (Wildman–Crippen LogP) is 7.40. The van der Waals surface area contributed by atoms with Gasteiger partial charge in [0.1, 0.15) is 5.82 Å². The normalized spacial score (nSPS) is 12.2. The summed E-state index contributed by atoms with van der Waals surface area (Å²) in [6.07, 6.45) is 13.4. The number of aryl methyl sites for hydroxylation is 1. The molecule has 0 aliphatic heterocycles. The summed E-state index contributed by atoms with van der Waals surface area (Å²) in [7, 11) is 0. The van der Waals surface area contributed by atoms with Gasteiger partial charge in [0.2, 0.25) is 0 Å². The van der Waals surface area contributed by atoms with E-state index >= 15 is 0 Å². The highest BCUT2D eigenvalue weighted by Gasteiger charge is 2.22. The smallest absolute Gasteiger partial charge is 0.251 e. The van der Waals surface area contributed by atoms with Gasteiger partial charge in [-0.25, -0.2) is 4.98 Å². The number of nitrogens with one attached hydrogen (secondary N) is 1. The summed E-state index contributed by atoms with van der Waals surface area (Å²) in [6.45, 7) is 3.21. The molecule has 1 aromatic heterocycles. The minimum Gasteiger partial charge on any atom is -0.342 e. The van der Waals surface area contributed by atoms with Crippen molar-refractivity contribution in [3.8, 4) is 0 Å². The molecule has 5 heteroatoms. The molecule has 0 radical (unpaired) electrons. The average Bonchev–Trinajstić information content (AvgIpc) is 3.22. The van der Waals surface area contributed by atoms with Gasteiger partial charge in [0, 0.05) is 12.1 Å². The molecule has 0 aliphatic rings. The van der Waals surface area contributed by atoms with Gasteiger partial charge in [-0.3, -0.25) is 4.79 Å². The summed E-state index contributed by atoms with van der Waals surface area (Å²) >= 11 is 1.80. The van der Waals surface area contributed by atoms with Crippen molar-refractivity contribution in [1.29, 1.82) is 0 Å². The number of hydrogen-bond donors (Lipinski definition) is 1. The van der Waals surface area contributed by atoms with Crippen LogP contribution in [0.3, 0.4) is 0 Å². The Balaban J connectivity index is 1.73. The Kier molecular flexibility index (Phi) is 10.8. The number of thioether (sulfide) groups is 1. The lowest BCUT2D eigenvalue weighted by molar-refractivity contribution is 0.0933. The standard InChI is InChI=1S/C28H39N3OS/c1-3-4-5-6-7-8-9-15-21-31-26-19-14-13-18-24(26)29-27(31)25(20-22-33-2)30-28(32)23-16-11-10-12-17-23/h10-14,16-19,25H,3-9,15,20-22H2,1-2H3,(H,30,32)/t25-/m0/s1. The summed E-state index contributed by atoms with van der Waals surface area (Å²) in [5.74, 6) is 1.92. The first-order valence-corrected chi connectivity index (χ1v) is 13.9. The van der Waals surface area contributed by atoms with Crippen LogP contribution in [0.1, 0.15) is 86.9 Å². The molecule has 3 aromatic rings. The largest absolute Gasteiger partial charge is 0.342 e. The van der Waals surface area contributed by atoms with Crippen LogP contribution in [0.2, 0.25) is 0 Å². The van der Waals surface area contributed by atoms with Crippen molar-refractivity contribution in [2.24, 2.45) is 0 Å². The van der Waals surface area contributed by atoms with Crippen molar-refractivity contribution < 1.29 is 4.79 Å². The molecule has 33 heavy (non-hydrogen) atoms. The van der Waals surface area contributed by atoms with Crippen molar-refractivity contribution >= 4 is 28.7 Å². The second-order valence-corrected chi connectivity index (χ2v) is 9.74. The van der Waals surface area contributed by atoms with Crippen LogP contribution in [0.15, 0.2) is 54.6 Å². The van der Waals surface area contributed by atoms with Gasteiger partial charge in [-0.05, 0) is 49.1 Å². The first-order valence-electron chi connectivity index (χ1n) is 12.5. The number of unbranched alkanes of at least 4 members (excludes halogenated alkanes) is 7. The Morgan fingerprint density at radius 3 is 2.33 bits per heavy atom. The fourth-order valence-electron chi connectivity index (χ4n) is 4.33. The maximum Gasteiger partial charge on any atom is 0.251 e. The van der Waals surface area contributed by atoms with Gasteiger partial charge in [0.25, 0.3) is 5.91 Å². The third-order valence-corrected chi connectivity index (χ3v) is 6.83. The van der Waals surface area contributed by atoms with E-state index in [9.17, 15) is 4.79 Å². The van der Waals surface area contributed by atoms with Gasteiger partial charge in [-0.15, -0.1) is 0 Å². The Labute approximate surface area is 203 Å². The number of aromatic nitrogens is 2. The molecule has 0 saturated carbocycles. The molecule has 178 valence electrons. The summed E-state index contributed by atoms with van der Waals surface area (Å²) in [5, 5.41) is 3.28. The number of para-hydroxylation sites is 2. The van der Waals surface area contributed by atoms with Crippen LogP contribution >= 0.6 is 11.8 Å². The van der Waals surface area contributed by atoms with Crippen molar-refractivity contribution in [3.63, 3.8) is 0 Å². The lowest BCUT2D eigenvalue weighted by atomic mass is 10.1. The molecule has 0 unspecified atom stereocenters. The quantitative estimate of drug-likeness (QED) is 0.238. The van der Waals surface area contributed by atoms with Crippen molar-refractivity contribution in [3.05, 3.63) is 66.0 Å². The van der Waals surface area contributed by atoms with Crippen molar-refractivity contribution in [1.82, 2.24) is 14.9 Å². The van der Waals surface area contributed by atoms with Gasteiger partial charge < -0.3 is 9.88 Å². The highest BCUT2D eigenvalue weighted by Crippen LogP contribution is 2.25. The summed E-state index contributed by atoms with van der Waals surface area (Å²) < 4.78 is 2.35. The third-order valence-electron chi connectivity index (χ3n) is 6.18. The molecule has 1 heterocycles. The first-order chi connectivity index (χ1) is 16.2. The summed E-state index contributed by atoms with van der Waals surface area (Å²) in [4.78, 5) is 18.0. The number of rotatable bonds is 15. The predicted molar refractivity (Wildman–Crippen MR) is 142 cm³/mol. The number of nitrogens with zero attached hydrogens (tertiary/aromatic N) is 2. The minimum absolute atomic E-state index is 0.0348. The van der Waals surface area contributed by atoms with Crippen LogP contribution in [-0.2, 0) is 6.54 Å². The molecule has 2 aromatic carbocycles. The second kappa shape index (κ2) is 14.1. The number of benzene rings is 2. The maximum atomic E-state index is 13.0. The molecule has 0 aliphatic carbocycles.